The monoisotopic (exact) mass is 276 g/mol. The molecule has 0 unspecified atom stereocenters. The van der Waals surface area contributed by atoms with Gasteiger partial charge < -0.3 is 0 Å². The normalized spacial score (nSPS) is 9.81. The third kappa shape index (κ3) is 2.10. The van der Waals surface area contributed by atoms with Crippen molar-refractivity contribution in [2.45, 2.75) is 0 Å². The van der Waals surface area contributed by atoms with Crippen LogP contribution in [0.1, 0.15) is 5.56 Å². The maximum absolute atomic E-state index is 13.6. The summed E-state index contributed by atoms with van der Waals surface area (Å²) in [6, 6.07) is 9.73. The Hall–Kier alpha value is -1.73. The lowest BCUT2D eigenvalue weighted by Crippen LogP contribution is -1.88. The van der Waals surface area contributed by atoms with Crippen molar-refractivity contribution in [3.8, 4) is 17.3 Å². The molecule has 0 fully saturated rings. The number of benzene rings is 1. The second-order valence-electron chi connectivity index (χ2n) is 3.17. The predicted octanol–water partition coefficient (Wildman–Crippen LogP) is 3.52. The van der Waals surface area contributed by atoms with Gasteiger partial charge in [0.2, 0.25) is 0 Å². The summed E-state index contributed by atoms with van der Waals surface area (Å²) in [7, 11) is 0. The average Bonchev–Trinajstić information content (AvgIpc) is 2.30. The van der Waals surface area contributed by atoms with E-state index in [1.165, 1.54) is 6.07 Å². The van der Waals surface area contributed by atoms with Gasteiger partial charge in [-0.05, 0) is 46.3 Å². The molecule has 0 bridgehead atoms. The molecule has 0 atom stereocenters. The topological polar surface area (TPSA) is 36.7 Å². The van der Waals surface area contributed by atoms with E-state index in [9.17, 15) is 4.39 Å². The molecule has 2 nitrogen and oxygen atoms in total. The summed E-state index contributed by atoms with van der Waals surface area (Å²) in [5, 5.41) is 8.62. The summed E-state index contributed by atoms with van der Waals surface area (Å²) in [4.78, 5) is 4.10. The molecule has 0 amide bonds. The number of halogens is 2. The molecule has 0 saturated carbocycles. The fraction of sp³-hybridized carbons (Fsp3) is 0. The highest BCUT2D eigenvalue weighted by atomic mass is 79.9. The lowest BCUT2D eigenvalue weighted by molar-refractivity contribution is 0.630. The van der Waals surface area contributed by atoms with E-state index in [1.807, 2.05) is 6.07 Å². The van der Waals surface area contributed by atoms with Crippen LogP contribution in [0.5, 0.6) is 0 Å². The summed E-state index contributed by atoms with van der Waals surface area (Å²) in [5.74, 6) is -0.436. The van der Waals surface area contributed by atoms with Crippen LogP contribution in [0.4, 0.5) is 4.39 Å². The minimum absolute atomic E-state index is 0.304. The number of pyridine rings is 1. The first-order valence-corrected chi connectivity index (χ1v) is 5.31. The second kappa shape index (κ2) is 4.42. The molecule has 1 heterocycles. The zero-order valence-corrected chi connectivity index (χ0v) is 9.70. The Labute approximate surface area is 100 Å². The average molecular weight is 277 g/mol. The summed E-state index contributed by atoms with van der Waals surface area (Å²) in [6.45, 7) is 0. The fourth-order valence-electron chi connectivity index (χ4n) is 1.33. The Morgan fingerprint density at radius 1 is 1.25 bits per heavy atom. The van der Waals surface area contributed by atoms with E-state index in [4.69, 9.17) is 5.26 Å². The second-order valence-corrected chi connectivity index (χ2v) is 4.08. The standard InChI is InChI=1S/C12H6BrFN2/c13-9-2-4-12(16-7-9)10-3-1-8(6-15)5-11(10)14/h1-5,7H. The predicted molar refractivity (Wildman–Crippen MR) is 62.0 cm³/mol. The Morgan fingerprint density at radius 3 is 2.62 bits per heavy atom. The van der Waals surface area contributed by atoms with E-state index >= 15 is 0 Å². The van der Waals surface area contributed by atoms with Gasteiger partial charge in [0.05, 0.1) is 17.3 Å². The van der Waals surface area contributed by atoms with E-state index in [0.29, 0.717) is 16.8 Å². The molecule has 4 heteroatoms. The van der Waals surface area contributed by atoms with Crippen molar-refractivity contribution in [2.24, 2.45) is 0 Å². The SMILES string of the molecule is N#Cc1ccc(-c2ccc(Br)cn2)c(F)c1. The summed E-state index contributed by atoms with van der Waals surface area (Å²) >= 11 is 3.26. The van der Waals surface area contributed by atoms with Crippen LogP contribution in [-0.2, 0) is 0 Å². The van der Waals surface area contributed by atoms with Gasteiger partial charge >= 0.3 is 0 Å². The summed E-state index contributed by atoms with van der Waals surface area (Å²) in [5.41, 5.74) is 1.25. The first-order chi connectivity index (χ1) is 7.70. The molecule has 2 rings (SSSR count). The summed E-state index contributed by atoms with van der Waals surface area (Å²) in [6.07, 6.45) is 1.60. The quantitative estimate of drug-likeness (QED) is 0.799. The molecule has 0 aliphatic carbocycles. The molecular weight excluding hydrogens is 271 g/mol. The molecule has 0 radical (unpaired) electrons. The van der Waals surface area contributed by atoms with Gasteiger partial charge in [0.1, 0.15) is 5.82 Å². The highest BCUT2D eigenvalue weighted by Gasteiger charge is 2.06. The number of aromatic nitrogens is 1. The van der Waals surface area contributed by atoms with Gasteiger partial charge in [0.15, 0.2) is 0 Å². The minimum atomic E-state index is -0.436. The van der Waals surface area contributed by atoms with Crippen LogP contribution in [-0.4, -0.2) is 4.98 Å². The Morgan fingerprint density at radius 2 is 2.06 bits per heavy atom. The van der Waals surface area contributed by atoms with Gasteiger partial charge in [-0.15, -0.1) is 0 Å². The van der Waals surface area contributed by atoms with Crippen LogP contribution in [0.25, 0.3) is 11.3 Å². The third-order valence-corrected chi connectivity index (χ3v) is 2.57. The Balaban J connectivity index is 2.49. The number of rotatable bonds is 1. The number of hydrogen-bond donors (Lipinski definition) is 0. The highest BCUT2D eigenvalue weighted by molar-refractivity contribution is 9.10. The van der Waals surface area contributed by atoms with Gasteiger partial charge in [-0.2, -0.15) is 5.26 Å². The maximum atomic E-state index is 13.6. The molecule has 1 aromatic heterocycles. The van der Waals surface area contributed by atoms with Crippen molar-refractivity contribution < 1.29 is 4.39 Å². The van der Waals surface area contributed by atoms with Gasteiger partial charge in [-0.3, -0.25) is 4.98 Å². The van der Waals surface area contributed by atoms with Gasteiger partial charge in [-0.1, -0.05) is 0 Å². The maximum Gasteiger partial charge on any atom is 0.133 e. The van der Waals surface area contributed by atoms with Crippen molar-refractivity contribution in [2.75, 3.05) is 0 Å². The van der Waals surface area contributed by atoms with Gasteiger partial charge in [-0.25, -0.2) is 4.39 Å². The molecule has 78 valence electrons. The Kier molecular flexibility index (Phi) is 2.97. The zero-order valence-electron chi connectivity index (χ0n) is 8.11. The smallest absolute Gasteiger partial charge is 0.133 e. The molecule has 1 aromatic carbocycles. The van der Waals surface area contributed by atoms with Crippen LogP contribution >= 0.6 is 15.9 Å². The Bertz CT molecular complexity index is 558. The zero-order chi connectivity index (χ0) is 11.5. The van der Waals surface area contributed by atoms with Crippen LogP contribution in [0, 0.1) is 17.1 Å². The van der Waals surface area contributed by atoms with E-state index in [0.717, 1.165) is 4.47 Å². The van der Waals surface area contributed by atoms with Gasteiger partial charge in [0, 0.05) is 16.2 Å². The van der Waals surface area contributed by atoms with Crippen molar-refractivity contribution in [1.29, 1.82) is 5.26 Å². The largest absolute Gasteiger partial charge is 0.255 e. The molecule has 16 heavy (non-hydrogen) atoms. The van der Waals surface area contributed by atoms with E-state index in [1.54, 1.807) is 30.5 Å². The van der Waals surface area contributed by atoms with Crippen LogP contribution < -0.4 is 0 Å². The number of nitrogens with zero attached hydrogens (tertiary/aromatic N) is 2. The molecular formula is C12H6BrFN2. The van der Waals surface area contributed by atoms with E-state index in [2.05, 4.69) is 20.9 Å². The first-order valence-electron chi connectivity index (χ1n) is 4.52. The minimum Gasteiger partial charge on any atom is -0.255 e. The molecule has 0 spiro atoms. The van der Waals surface area contributed by atoms with Crippen LogP contribution in [0.2, 0.25) is 0 Å². The molecule has 0 saturated heterocycles. The molecule has 0 aliphatic rings. The van der Waals surface area contributed by atoms with Crippen LogP contribution in [0.3, 0.4) is 0 Å². The van der Waals surface area contributed by atoms with E-state index < -0.39 is 5.82 Å². The lowest BCUT2D eigenvalue weighted by atomic mass is 10.1. The van der Waals surface area contributed by atoms with E-state index in [-0.39, 0.29) is 0 Å². The third-order valence-electron chi connectivity index (χ3n) is 2.10. The van der Waals surface area contributed by atoms with Crippen LogP contribution in [0.15, 0.2) is 41.0 Å². The molecule has 0 N–H and O–H groups in total. The fourth-order valence-corrected chi connectivity index (χ4v) is 1.56. The van der Waals surface area contributed by atoms with Crippen molar-refractivity contribution >= 4 is 15.9 Å². The number of nitriles is 1. The number of hydrogen-bond acceptors (Lipinski definition) is 2. The van der Waals surface area contributed by atoms with Crippen molar-refractivity contribution in [1.82, 2.24) is 4.98 Å². The molecule has 2 aromatic rings. The van der Waals surface area contributed by atoms with Crippen molar-refractivity contribution in [3.05, 3.63) is 52.4 Å². The molecule has 0 aliphatic heterocycles. The highest BCUT2D eigenvalue weighted by Crippen LogP contribution is 2.22. The van der Waals surface area contributed by atoms with Crippen molar-refractivity contribution in [3.63, 3.8) is 0 Å². The summed E-state index contributed by atoms with van der Waals surface area (Å²) < 4.78 is 14.5. The van der Waals surface area contributed by atoms with Gasteiger partial charge in [0.25, 0.3) is 0 Å². The first kappa shape index (κ1) is 10.8. The lowest BCUT2D eigenvalue weighted by Gasteiger charge is -2.02.